The number of aldehydes is 1. The number of hydrogen-bond acceptors (Lipinski definition) is 2. The molecule has 0 saturated carbocycles. The SMILES string of the molecule is O=Cc1ccc2[nH]c3cc(Cl)ccc3c(=O)c2c1. The summed E-state index contributed by atoms with van der Waals surface area (Å²) < 4.78 is 0. The van der Waals surface area contributed by atoms with Crippen LogP contribution in [0.5, 0.6) is 0 Å². The van der Waals surface area contributed by atoms with Crippen LogP contribution >= 0.6 is 11.6 Å². The van der Waals surface area contributed by atoms with Gasteiger partial charge in [0.1, 0.15) is 6.29 Å². The van der Waals surface area contributed by atoms with Crippen molar-refractivity contribution in [3.63, 3.8) is 0 Å². The third-order valence-electron chi connectivity index (χ3n) is 2.92. The van der Waals surface area contributed by atoms with Crippen molar-refractivity contribution in [2.75, 3.05) is 0 Å². The maximum atomic E-state index is 12.3. The second kappa shape index (κ2) is 3.96. The zero-order valence-electron chi connectivity index (χ0n) is 9.24. The number of aromatic amines is 1. The molecule has 1 heterocycles. The highest BCUT2D eigenvalue weighted by Gasteiger charge is 2.06. The minimum atomic E-state index is -0.0980. The van der Waals surface area contributed by atoms with E-state index in [-0.39, 0.29) is 5.43 Å². The minimum Gasteiger partial charge on any atom is -0.354 e. The highest BCUT2D eigenvalue weighted by atomic mass is 35.5. The van der Waals surface area contributed by atoms with Gasteiger partial charge in [-0.15, -0.1) is 0 Å². The van der Waals surface area contributed by atoms with Crippen molar-refractivity contribution in [1.29, 1.82) is 0 Å². The molecular weight excluding hydrogens is 250 g/mol. The third kappa shape index (κ3) is 1.60. The largest absolute Gasteiger partial charge is 0.354 e. The maximum Gasteiger partial charge on any atom is 0.197 e. The van der Waals surface area contributed by atoms with Gasteiger partial charge in [-0.2, -0.15) is 0 Å². The first-order valence-electron chi connectivity index (χ1n) is 5.39. The van der Waals surface area contributed by atoms with E-state index in [0.717, 1.165) is 6.29 Å². The Morgan fingerprint density at radius 2 is 1.83 bits per heavy atom. The highest BCUT2D eigenvalue weighted by Crippen LogP contribution is 2.19. The first kappa shape index (κ1) is 11.0. The van der Waals surface area contributed by atoms with E-state index < -0.39 is 0 Å². The number of halogens is 1. The molecule has 18 heavy (non-hydrogen) atoms. The molecule has 0 radical (unpaired) electrons. The van der Waals surface area contributed by atoms with E-state index in [1.807, 2.05) is 0 Å². The van der Waals surface area contributed by atoms with E-state index in [9.17, 15) is 9.59 Å². The first-order chi connectivity index (χ1) is 8.69. The molecule has 3 nitrogen and oxygen atoms in total. The van der Waals surface area contributed by atoms with Gasteiger partial charge < -0.3 is 4.98 Å². The van der Waals surface area contributed by atoms with Gasteiger partial charge in [-0.25, -0.2) is 0 Å². The molecule has 2 aromatic carbocycles. The van der Waals surface area contributed by atoms with E-state index in [1.165, 1.54) is 0 Å². The minimum absolute atomic E-state index is 0.0980. The second-order valence-electron chi connectivity index (χ2n) is 4.07. The van der Waals surface area contributed by atoms with Crippen LogP contribution in [0.15, 0.2) is 41.2 Å². The summed E-state index contributed by atoms with van der Waals surface area (Å²) in [4.78, 5) is 26.2. The zero-order chi connectivity index (χ0) is 12.7. The van der Waals surface area contributed by atoms with Crippen molar-refractivity contribution in [3.8, 4) is 0 Å². The quantitative estimate of drug-likeness (QED) is 0.538. The van der Waals surface area contributed by atoms with Crippen molar-refractivity contribution < 1.29 is 4.79 Å². The summed E-state index contributed by atoms with van der Waals surface area (Å²) in [6.45, 7) is 0. The molecule has 4 heteroatoms. The molecule has 3 rings (SSSR count). The second-order valence-corrected chi connectivity index (χ2v) is 4.50. The normalized spacial score (nSPS) is 10.9. The number of H-pyrrole nitrogens is 1. The van der Waals surface area contributed by atoms with E-state index >= 15 is 0 Å². The summed E-state index contributed by atoms with van der Waals surface area (Å²) in [7, 11) is 0. The first-order valence-corrected chi connectivity index (χ1v) is 5.77. The van der Waals surface area contributed by atoms with Gasteiger partial charge in [-0.05, 0) is 36.4 Å². The molecule has 0 amide bonds. The number of carbonyl (C=O) groups is 1. The zero-order valence-corrected chi connectivity index (χ0v) is 9.99. The summed E-state index contributed by atoms with van der Waals surface area (Å²) in [6, 6.07) is 10.1. The van der Waals surface area contributed by atoms with Crippen LogP contribution in [0, 0.1) is 0 Å². The third-order valence-corrected chi connectivity index (χ3v) is 3.16. The van der Waals surface area contributed by atoms with Gasteiger partial charge in [0.2, 0.25) is 0 Å². The van der Waals surface area contributed by atoms with Crippen molar-refractivity contribution in [2.45, 2.75) is 0 Å². The summed E-state index contributed by atoms with van der Waals surface area (Å²) in [6.07, 6.45) is 0.727. The van der Waals surface area contributed by atoms with Gasteiger partial charge in [0.25, 0.3) is 0 Å². The Labute approximate surface area is 107 Å². The number of aromatic nitrogens is 1. The topological polar surface area (TPSA) is 49.9 Å². The molecule has 1 aromatic heterocycles. The van der Waals surface area contributed by atoms with Crippen LogP contribution in [0.2, 0.25) is 5.02 Å². The van der Waals surface area contributed by atoms with Crippen LogP contribution in [0.1, 0.15) is 10.4 Å². The van der Waals surface area contributed by atoms with Crippen molar-refractivity contribution >= 4 is 39.7 Å². The highest BCUT2D eigenvalue weighted by molar-refractivity contribution is 6.31. The molecule has 0 unspecified atom stereocenters. The molecule has 0 atom stereocenters. The predicted molar refractivity (Wildman–Crippen MR) is 72.5 cm³/mol. The standard InChI is InChI=1S/C14H8ClNO2/c15-9-2-3-10-13(6-9)16-12-4-1-8(7-17)5-11(12)14(10)18/h1-7H,(H,16,18). The van der Waals surface area contributed by atoms with E-state index in [4.69, 9.17) is 11.6 Å². The predicted octanol–water partition coefficient (Wildman–Crippen LogP) is 3.15. The summed E-state index contributed by atoms with van der Waals surface area (Å²) in [5, 5.41) is 1.64. The van der Waals surface area contributed by atoms with Crippen LogP contribution in [0.4, 0.5) is 0 Å². The molecule has 1 N–H and O–H groups in total. The lowest BCUT2D eigenvalue weighted by Crippen LogP contribution is -2.04. The average Bonchev–Trinajstić information content (AvgIpc) is 2.38. The molecule has 0 saturated heterocycles. The van der Waals surface area contributed by atoms with E-state index in [2.05, 4.69) is 4.98 Å². The molecule has 88 valence electrons. The van der Waals surface area contributed by atoms with Crippen LogP contribution < -0.4 is 5.43 Å². The molecule has 0 aliphatic rings. The fourth-order valence-corrected chi connectivity index (χ4v) is 2.21. The van der Waals surface area contributed by atoms with Gasteiger partial charge in [-0.3, -0.25) is 9.59 Å². The average molecular weight is 258 g/mol. The Balaban J connectivity index is 2.52. The molecule has 0 aliphatic heterocycles. The molecule has 0 spiro atoms. The van der Waals surface area contributed by atoms with Gasteiger partial charge in [0.05, 0.1) is 5.52 Å². The molecule has 3 aromatic rings. The Morgan fingerprint density at radius 3 is 2.61 bits per heavy atom. The number of carbonyl (C=O) groups excluding carboxylic acids is 1. The summed E-state index contributed by atoms with van der Waals surface area (Å²) in [5.74, 6) is 0. The lowest BCUT2D eigenvalue weighted by molar-refractivity contribution is 0.112. The monoisotopic (exact) mass is 257 g/mol. The number of pyridine rings is 1. The van der Waals surface area contributed by atoms with Crippen LogP contribution in [-0.4, -0.2) is 11.3 Å². The summed E-state index contributed by atoms with van der Waals surface area (Å²) >= 11 is 5.90. The van der Waals surface area contributed by atoms with Crippen LogP contribution in [-0.2, 0) is 0 Å². The van der Waals surface area contributed by atoms with Gasteiger partial charge in [0.15, 0.2) is 5.43 Å². The van der Waals surface area contributed by atoms with Crippen molar-refractivity contribution in [1.82, 2.24) is 4.98 Å². The maximum absolute atomic E-state index is 12.3. The molecule has 0 bridgehead atoms. The Morgan fingerprint density at radius 1 is 1.00 bits per heavy atom. The number of fused-ring (bicyclic) bond motifs is 2. The van der Waals surface area contributed by atoms with E-state index in [1.54, 1.807) is 36.4 Å². The van der Waals surface area contributed by atoms with Crippen LogP contribution in [0.3, 0.4) is 0 Å². The summed E-state index contributed by atoms with van der Waals surface area (Å²) in [5.41, 5.74) is 1.78. The van der Waals surface area contributed by atoms with Gasteiger partial charge >= 0.3 is 0 Å². The van der Waals surface area contributed by atoms with E-state index in [0.29, 0.717) is 32.4 Å². The van der Waals surface area contributed by atoms with Gasteiger partial charge in [0, 0.05) is 26.9 Å². The fourth-order valence-electron chi connectivity index (χ4n) is 2.04. The number of benzene rings is 2. The molecule has 0 fully saturated rings. The Kier molecular flexibility index (Phi) is 2.42. The van der Waals surface area contributed by atoms with Crippen molar-refractivity contribution in [3.05, 3.63) is 57.2 Å². The number of rotatable bonds is 1. The number of hydrogen-bond donors (Lipinski definition) is 1. The molecular formula is C14H8ClNO2. The van der Waals surface area contributed by atoms with Crippen LogP contribution in [0.25, 0.3) is 21.8 Å². The number of nitrogens with one attached hydrogen (secondary N) is 1. The smallest absolute Gasteiger partial charge is 0.197 e. The van der Waals surface area contributed by atoms with Gasteiger partial charge in [-0.1, -0.05) is 11.6 Å². The fraction of sp³-hybridized carbons (Fsp3) is 0. The molecule has 0 aliphatic carbocycles. The lowest BCUT2D eigenvalue weighted by atomic mass is 10.1. The Bertz CT molecular complexity index is 836. The Hall–Kier alpha value is -2.13. The van der Waals surface area contributed by atoms with Crippen molar-refractivity contribution in [2.24, 2.45) is 0 Å². The lowest BCUT2D eigenvalue weighted by Gasteiger charge is -2.03.